The van der Waals surface area contributed by atoms with E-state index >= 15 is 0 Å². The highest BCUT2D eigenvalue weighted by molar-refractivity contribution is 7.47. The zero-order valence-corrected chi connectivity index (χ0v) is 8.69. The molecule has 8 heteroatoms. The Morgan fingerprint density at radius 3 is 2.08 bits per heavy atom. The summed E-state index contributed by atoms with van der Waals surface area (Å²) < 4.78 is 19.3. The van der Waals surface area contributed by atoms with E-state index in [9.17, 15) is 4.57 Å². The van der Waals surface area contributed by atoms with Crippen LogP contribution >= 0.6 is 7.82 Å². The molecule has 0 spiro atoms. The Morgan fingerprint density at radius 1 is 1.31 bits per heavy atom. The van der Waals surface area contributed by atoms with Crippen LogP contribution in [0.5, 0.6) is 0 Å². The molecule has 0 fully saturated rings. The summed E-state index contributed by atoms with van der Waals surface area (Å²) in [5.74, 6) is 0. The van der Waals surface area contributed by atoms with Gasteiger partial charge >= 0.3 is 7.82 Å². The van der Waals surface area contributed by atoms with E-state index in [0.29, 0.717) is 5.39 Å². The number of phosphoric ester groups is 1. The van der Waals surface area contributed by atoms with Gasteiger partial charge in [-0.2, -0.15) is 0 Å². The molecule has 1 unspecified atom stereocenters. The summed E-state index contributed by atoms with van der Waals surface area (Å²) in [6.07, 6.45) is 0. The molecule has 7 nitrogen and oxygen atoms in total. The van der Waals surface area contributed by atoms with Gasteiger partial charge in [0.05, 0.1) is 18.6 Å². The number of hydrogen-bond donors (Lipinski definition) is 1. The first-order chi connectivity index (χ1) is 6.05. The Balaban J connectivity index is 4.00. The molecular weight excluding hydrogens is 201 g/mol. The van der Waals surface area contributed by atoms with Gasteiger partial charge in [-0.1, -0.05) is 0 Å². The Bertz CT molecular complexity index is 170. The molecule has 0 aliphatic heterocycles. The Kier molecular flexibility index (Phi) is 6.44. The molecule has 0 saturated heterocycles. The molecule has 0 aliphatic rings. The van der Waals surface area contributed by atoms with Crippen LogP contribution in [0, 0.1) is 0 Å². The van der Waals surface area contributed by atoms with Crippen LogP contribution < -0.4 is 0 Å². The zero-order valence-electron chi connectivity index (χ0n) is 7.80. The van der Waals surface area contributed by atoms with Gasteiger partial charge < -0.3 is 4.89 Å². The maximum atomic E-state index is 10.9. The molecule has 0 saturated carbocycles. The van der Waals surface area contributed by atoms with E-state index in [1.807, 2.05) is 0 Å². The van der Waals surface area contributed by atoms with E-state index in [4.69, 9.17) is 14.6 Å². The molecule has 0 amide bonds. The van der Waals surface area contributed by atoms with E-state index in [-0.39, 0.29) is 13.2 Å². The minimum atomic E-state index is -4.11. The summed E-state index contributed by atoms with van der Waals surface area (Å²) in [4.78, 5) is 18.2. The minimum Gasteiger partial charge on any atom is -0.301 e. The van der Waals surface area contributed by atoms with Crippen molar-refractivity contribution in [3.63, 3.8) is 0 Å². The molecule has 0 aromatic heterocycles. The van der Waals surface area contributed by atoms with E-state index in [1.54, 1.807) is 13.8 Å². The van der Waals surface area contributed by atoms with Crippen LogP contribution in [0.25, 0.3) is 0 Å². The Hall–Kier alpha value is -0.0100. The van der Waals surface area contributed by atoms with E-state index in [2.05, 4.69) is 9.15 Å². The van der Waals surface area contributed by atoms with E-state index < -0.39 is 7.82 Å². The van der Waals surface area contributed by atoms with Gasteiger partial charge in [0, 0.05) is 7.11 Å². The van der Waals surface area contributed by atoms with Crippen LogP contribution in [-0.4, -0.2) is 30.6 Å². The quantitative estimate of drug-likeness (QED) is 0.498. The Morgan fingerprint density at radius 2 is 1.77 bits per heavy atom. The molecule has 0 aliphatic carbocycles. The average molecular weight is 215 g/mol. The molecule has 0 heterocycles. The van der Waals surface area contributed by atoms with Crippen molar-refractivity contribution in [1.82, 2.24) is 5.39 Å². The molecule has 0 bridgehead atoms. The Labute approximate surface area is 76.6 Å². The first kappa shape index (κ1) is 13.0. The average Bonchev–Trinajstić information content (AvgIpc) is 2.05. The predicted molar refractivity (Wildman–Crippen MR) is 43.0 cm³/mol. The summed E-state index contributed by atoms with van der Waals surface area (Å²) in [6.45, 7) is 3.82. The topological polar surface area (TPSA) is 77.5 Å². The van der Waals surface area contributed by atoms with Gasteiger partial charge in [0.2, 0.25) is 0 Å². The highest BCUT2D eigenvalue weighted by atomic mass is 31.2. The second kappa shape index (κ2) is 6.44. The monoisotopic (exact) mass is 215 g/mol. The van der Waals surface area contributed by atoms with Crippen molar-refractivity contribution in [2.75, 3.05) is 20.3 Å². The van der Waals surface area contributed by atoms with Crippen molar-refractivity contribution in [2.24, 2.45) is 0 Å². The highest BCUT2D eigenvalue weighted by Gasteiger charge is 2.25. The molecule has 0 radical (unpaired) electrons. The van der Waals surface area contributed by atoms with Gasteiger partial charge in [-0.15, -0.1) is 4.62 Å². The smallest absolute Gasteiger partial charge is 0.301 e. The first-order valence-electron chi connectivity index (χ1n) is 3.70. The van der Waals surface area contributed by atoms with Crippen LogP contribution in [0.1, 0.15) is 13.8 Å². The summed E-state index contributed by atoms with van der Waals surface area (Å²) in [5.41, 5.74) is 0. The van der Waals surface area contributed by atoms with Crippen molar-refractivity contribution in [3.8, 4) is 0 Å². The third kappa shape index (κ3) is 6.11. The van der Waals surface area contributed by atoms with Crippen molar-refractivity contribution >= 4 is 7.82 Å². The van der Waals surface area contributed by atoms with Gasteiger partial charge in [-0.05, 0) is 13.8 Å². The SMILES string of the molecule is CCON(OCC)OP(=O)(O)OC. The fourth-order valence-corrected chi connectivity index (χ4v) is 0.742. The summed E-state index contributed by atoms with van der Waals surface area (Å²) >= 11 is 0. The second-order valence-electron chi connectivity index (χ2n) is 1.79. The van der Waals surface area contributed by atoms with E-state index in [0.717, 1.165) is 7.11 Å². The second-order valence-corrected chi connectivity index (χ2v) is 3.26. The van der Waals surface area contributed by atoms with Crippen LogP contribution in [0.3, 0.4) is 0 Å². The maximum absolute atomic E-state index is 10.9. The largest absolute Gasteiger partial charge is 0.492 e. The lowest BCUT2D eigenvalue weighted by Crippen LogP contribution is -2.24. The maximum Gasteiger partial charge on any atom is 0.492 e. The minimum absolute atomic E-state index is 0.240. The molecule has 0 aromatic rings. The van der Waals surface area contributed by atoms with Gasteiger partial charge in [0.15, 0.2) is 0 Å². The molecular formula is C5H14NO6P. The third-order valence-electron chi connectivity index (χ3n) is 0.870. The number of hydrogen-bond acceptors (Lipinski definition) is 6. The summed E-state index contributed by atoms with van der Waals surface area (Å²) in [6, 6.07) is 0. The van der Waals surface area contributed by atoms with Crippen molar-refractivity contribution in [2.45, 2.75) is 13.8 Å². The molecule has 0 rings (SSSR count). The van der Waals surface area contributed by atoms with E-state index in [1.165, 1.54) is 0 Å². The molecule has 0 aromatic carbocycles. The predicted octanol–water partition coefficient (Wildman–Crippen LogP) is 0.870. The van der Waals surface area contributed by atoms with Crippen molar-refractivity contribution in [1.29, 1.82) is 0 Å². The van der Waals surface area contributed by atoms with Gasteiger partial charge in [0.1, 0.15) is 0 Å². The zero-order chi connectivity index (χ0) is 10.3. The molecule has 1 N–H and O–H groups in total. The van der Waals surface area contributed by atoms with Crippen LogP contribution in [-0.2, 0) is 23.4 Å². The molecule has 13 heavy (non-hydrogen) atoms. The van der Waals surface area contributed by atoms with Gasteiger partial charge in [-0.25, -0.2) is 4.57 Å². The van der Waals surface area contributed by atoms with Gasteiger partial charge in [-0.3, -0.25) is 14.2 Å². The van der Waals surface area contributed by atoms with Crippen LogP contribution in [0.2, 0.25) is 0 Å². The first-order valence-corrected chi connectivity index (χ1v) is 5.19. The normalized spacial score (nSPS) is 16.1. The standard InChI is InChI=1S/C5H14NO6P/c1-4-10-6(11-5-2)12-13(7,8)9-3/h4-5H2,1-3H3,(H,7,8). The van der Waals surface area contributed by atoms with Crippen LogP contribution in [0.4, 0.5) is 0 Å². The summed E-state index contributed by atoms with van der Waals surface area (Å²) in [5, 5.41) is 0.463. The number of rotatable bonds is 7. The lowest BCUT2D eigenvalue weighted by atomic mass is 10.9. The molecule has 1 atom stereocenters. The lowest BCUT2D eigenvalue weighted by molar-refractivity contribution is -0.493. The van der Waals surface area contributed by atoms with Gasteiger partial charge in [0.25, 0.3) is 0 Å². The molecule has 80 valence electrons. The lowest BCUT2D eigenvalue weighted by Gasteiger charge is -2.19. The van der Waals surface area contributed by atoms with Crippen molar-refractivity contribution < 1.29 is 28.3 Å². The van der Waals surface area contributed by atoms with Crippen molar-refractivity contribution in [3.05, 3.63) is 0 Å². The summed E-state index contributed by atoms with van der Waals surface area (Å²) in [7, 11) is -3.07. The fourth-order valence-electron chi connectivity index (χ4n) is 0.413. The highest BCUT2D eigenvalue weighted by Crippen LogP contribution is 2.43. The van der Waals surface area contributed by atoms with Crippen LogP contribution in [0.15, 0.2) is 0 Å². The number of phosphoric acid groups is 1. The number of nitrogens with zero attached hydrogens (tertiary/aromatic N) is 1. The third-order valence-corrected chi connectivity index (χ3v) is 1.67. The fraction of sp³-hybridized carbons (Fsp3) is 1.00.